The minimum Gasteiger partial charge on any atom is -0.356 e. The van der Waals surface area contributed by atoms with Gasteiger partial charge in [-0.3, -0.25) is 4.79 Å². The first-order valence-corrected chi connectivity index (χ1v) is 8.49. The third-order valence-electron chi connectivity index (χ3n) is 5.60. The maximum absolute atomic E-state index is 12.9. The van der Waals surface area contributed by atoms with Crippen LogP contribution in [0.2, 0.25) is 0 Å². The number of hydrogen-bond donors (Lipinski definition) is 0. The van der Waals surface area contributed by atoms with E-state index in [-0.39, 0.29) is 5.92 Å². The van der Waals surface area contributed by atoms with Crippen molar-refractivity contribution in [2.24, 2.45) is 5.92 Å². The minimum atomic E-state index is 0.178. The van der Waals surface area contributed by atoms with Crippen LogP contribution in [0.5, 0.6) is 0 Å². The van der Waals surface area contributed by atoms with Crippen LogP contribution in [0.3, 0.4) is 0 Å². The summed E-state index contributed by atoms with van der Waals surface area (Å²) in [5, 5.41) is 3.72. The van der Waals surface area contributed by atoms with E-state index in [4.69, 9.17) is 4.52 Å². The molecule has 1 aromatic heterocycles. The molecule has 4 heteroatoms. The van der Waals surface area contributed by atoms with Crippen molar-refractivity contribution in [3.8, 4) is 11.3 Å². The Labute approximate surface area is 136 Å². The zero-order valence-electron chi connectivity index (χ0n) is 13.4. The second-order valence-electron chi connectivity index (χ2n) is 6.89. The van der Waals surface area contributed by atoms with Gasteiger partial charge in [0.25, 0.3) is 0 Å². The summed E-state index contributed by atoms with van der Waals surface area (Å²) in [6.45, 7) is 0. The Bertz CT molecular complexity index is 664. The molecular weight excluding hydrogens is 288 g/mol. The number of carbonyl (C=O) groups excluding carboxylic acids is 1. The molecule has 0 N–H and O–H groups in total. The first-order valence-electron chi connectivity index (χ1n) is 8.49. The van der Waals surface area contributed by atoms with Crippen LogP contribution < -0.4 is 0 Å². The molecule has 2 saturated heterocycles. The lowest BCUT2D eigenvalue weighted by Crippen LogP contribution is -2.51. The standard InChI is InChI=1S/C19H22N2O2/c1-21-16-3-2-4-17(21)12-15(11-16)19(22)14-7-5-13(6-8-14)18-9-10-20-23-18/h5-10,15-17H,2-4,11-12H2,1H3. The minimum absolute atomic E-state index is 0.178. The zero-order valence-corrected chi connectivity index (χ0v) is 13.4. The molecule has 4 nitrogen and oxygen atoms in total. The predicted molar refractivity (Wildman–Crippen MR) is 88.2 cm³/mol. The maximum Gasteiger partial charge on any atom is 0.166 e. The number of carbonyl (C=O) groups is 1. The molecule has 1 aromatic carbocycles. The van der Waals surface area contributed by atoms with Crippen molar-refractivity contribution in [3.63, 3.8) is 0 Å². The van der Waals surface area contributed by atoms with Crippen LogP contribution in [0.4, 0.5) is 0 Å². The fraction of sp³-hybridized carbons (Fsp3) is 0.474. The summed E-state index contributed by atoms with van der Waals surface area (Å²) >= 11 is 0. The summed E-state index contributed by atoms with van der Waals surface area (Å²) in [5.74, 6) is 1.22. The number of aromatic nitrogens is 1. The lowest BCUT2D eigenvalue weighted by Gasteiger charge is -2.46. The van der Waals surface area contributed by atoms with Gasteiger partial charge in [0, 0.05) is 35.2 Å². The van der Waals surface area contributed by atoms with Crippen LogP contribution in [0.1, 0.15) is 42.5 Å². The van der Waals surface area contributed by atoms with Crippen LogP contribution in [-0.4, -0.2) is 35.0 Å². The molecule has 4 rings (SSSR count). The first-order chi connectivity index (χ1) is 11.2. The van der Waals surface area contributed by atoms with E-state index in [2.05, 4.69) is 17.1 Å². The van der Waals surface area contributed by atoms with Gasteiger partial charge in [-0.05, 0) is 32.7 Å². The Morgan fingerprint density at radius 2 is 1.83 bits per heavy atom. The monoisotopic (exact) mass is 310 g/mol. The SMILES string of the molecule is CN1C2CCCC1CC(C(=O)c1ccc(-c3ccno3)cc1)C2. The highest BCUT2D eigenvalue weighted by atomic mass is 16.5. The molecule has 2 atom stereocenters. The number of benzene rings is 1. The summed E-state index contributed by atoms with van der Waals surface area (Å²) in [7, 11) is 2.22. The smallest absolute Gasteiger partial charge is 0.166 e. The molecule has 2 unspecified atom stereocenters. The number of ketones is 1. The summed E-state index contributed by atoms with van der Waals surface area (Å²) < 4.78 is 5.16. The third kappa shape index (κ3) is 2.72. The Balaban J connectivity index is 1.51. The van der Waals surface area contributed by atoms with Crippen LogP contribution in [0, 0.1) is 5.92 Å². The van der Waals surface area contributed by atoms with Crippen molar-refractivity contribution in [1.29, 1.82) is 0 Å². The normalized spacial score (nSPS) is 27.8. The highest BCUT2D eigenvalue weighted by Crippen LogP contribution is 2.37. The highest BCUT2D eigenvalue weighted by Gasteiger charge is 2.38. The average Bonchev–Trinajstić information content (AvgIpc) is 3.08. The van der Waals surface area contributed by atoms with Crippen LogP contribution in [-0.2, 0) is 0 Å². The van der Waals surface area contributed by atoms with E-state index in [9.17, 15) is 4.79 Å². The highest BCUT2D eigenvalue weighted by molar-refractivity contribution is 5.98. The van der Waals surface area contributed by atoms with Gasteiger partial charge in [-0.1, -0.05) is 35.8 Å². The van der Waals surface area contributed by atoms with Gasteiger partial charge in [-0.25, -0.2) is 0 Å². The molecule has 23 heavy (non-hydrogen) atoms. The number of Topliss-reactive ketones (excluding diaryl/α,β-unsaturated/α-hetero) is 1. The second-order valence-corrected chi connectivity index (χ2v) is 6.89. The largest absolute Gasteiger partial charge is 0.356 e. The van der Waals surface area contributed by atoms with E-state index in [0.717, 1.165) is 29.7 Å². The Morgan fingerprint density at radius 3 is 2.43 bits per heavy atom. The van der Waals surface area contributed by atoms with Crippen molar-refractivity contribution in [2.45, 2.75) is 44.2 Å². The molecule has 2 aliphatic rings. The fourth-order valence-corrected chi connectivity index (χ4v) is 4.23. The summed E-state index contributed by atoms with van der Waals surface area (Å²) in [4.78, 5) is 15.4. The van der Waals surface area contributed by atoms with Gasteiger partial charge < -0.3 is 9.42 Å². The van der Waals surface area contributed by atoms with Crippen molar-refractivity contribution in [2.75, 3.05) is 7.05 Å². The number of nitrogens with zero attached hydrogens (tertiary/aromatic N) is 2. The molecule has 0 saturated carbocycles. The molecule has 0 spiro atoms. The molecule has 2 bridgehead atoms. The van der Waals surface area contributed by atoms with Crippen molar-refractivity contribution in [1.82, 2.24) is 10.1 Å². The van der Waals surface area contributed by atoms with E-state index in [1.54, 1.807) is 6.20 Å². The molecule has 0 amide bonds. The summed E-state index contributed by atoms with van der Waals surface area (Å²) in [5.41, 5.74) is 1.78. The van der Waals surface area contributed by atoms with Crippen molar-refractivity contribution < 1.29 is 9.32 Å². The first kappa shape index (κ1) is 14.6. The average molecular weight is 310 g/mol. The molecule has 3 heterocycles. The topological polar surface area (TPSA) is 46.3 Å². The van der Waals surface area contributed by atoms with Gasteiger partial charge in [0.15, 0.2) is 11.5 Å². The molecule has 2 aliphatic heterocycles. The molecule has 0 aliphatic carbocycles. The summed E-state index contributed by atoms with van der Waals surface area (Å²) in [6.07, 6.45) is 7.44. The van der Waals surface area contributed by atoms with E-state index in [1.165, 1.54) is 19.3 Å². The number of rotatable bonds is 3. The van der Waals surface area contributed by atoms with E-state index >= 15 is 0 Å². The number of fused-ring (bicyclic) bond motifs is 2. The third-order valence-corrected chi connectivity index (χ3v) is 5.60. The Hall–Kier alpha value is -1.94. The quantitative estimate of drug-likeness (QED) is 0.809. The van der Waals surface area contributed by atoms with Crippen molar-refractivity contribution >= 4 is 5.78 Å². The summed E-state index contributed by atoms with van der Waals surface area (Å²) in [6, 6.07) is 10.7. The molecule has 2 fully saturated rings. The van der Waals surface area contributed by atoms with Gasteiger partial charge >= 0.3 is 0 Å². The number of hydrogen-bond acceptors (Lipinski definition) is 4. The lowest BCUT2D eigenvalue weighted by atomic mass is 9.76. The second kappa shape index (κ2) is 5.93. The molecular formula is C19H22N2O2. The van der Waals surface area contributed by atoms with Crippen LogP contribution in [0.25, 0.3) is 11.3 Å². The Morgan fingerprint density at radius 1 is 1.13 bits per heavy atom. The molecule has 0 radical (unpaired) electrons. The number of piperidine rings is 2. The lowest BCUT2D eigenvalue weighted by molar-refractivity contribution is 0.0338. The van der Waals surface area contributed by atoms with Gasteiger partial charge in [0.05, 0.1) is 6.20 Å². The zero-order chi connectivity index (χ0) is 15.8. The molecule has 120 valence electrons. The van der Waals surface area contributed by atoms with E-state index in [1.807, 2.05) is 30.3 Å². The Kier molecular flexibility index (Phi) is 3.77. The van der Waals surface area contributed by atoms with Crippen LogP contribution in [0.15, 0.2) is 41.1 Å². The van der Waals surface area contributed by atoms with Crippen molar-refractivity contribution in [3.05, 3.63) is 42.1 Å². The van der Waals surface area contributed by atoms with Crippen LogP contribution >= 0.6 is 0 Å². The maximum atomic E-state index is 12.9. The fourth-order valence-electron chi connectivity index (χ4n) is 4.23. The van der Waals surface area contributed by atoms with Gasteiger partial charge in [0.1, 0.15) is 0 Å². The predicted octanol–water partition coefficient (Wildman–Crippen LogP) is 3.79. The van der Waals surface area contributed by atoms with Gasteiger partial charge in [-0.2, -0.15) is 0 Å². The van der Waals surface area contributed by atoms with Gasteiger partial charge in [0.2, 0.25) is 0 Å². The molecule has 2 aromatic rings. The van der Waals surface area contributed by atoms with E-state index in [0.29, 0.717) is 17.9 Å². The van der Waals surface area contributed by atoms with E-state index < -0.39 is 0 Å². The van der Waals surface area contributed by atoms with Gasteiger partial charge in [-0.15, -0.1) is 0 Å².